The molecule has 0 aromatic heterocycles. The Hall–Kier alpha value is -1.82. The van der Waals surface area contributed by atoms with Gasteiger partial charge in [-0.05, 0) is 25.5 Å². The van der Waals surface area contributed by atoms with Gasteiger partial charge in [0.1, 0.15) is 11.6 Å². The summed E-state index contributed by atoms with van der Waals surface area (Å²) in [5.74, 6) is 0.366. The van der Waals surface area contributed by atoms with E-state index in [9.17, 15) is 9.18 Å². The lowest BCUT2D eigenvalue weighted by Gasteiger charge is -2.36. The highest BCUT2D eigenvalue weighted by molar-refractivity contribution is 5.76. The smallest absolute Gasteiger partial charge is 0.222 e. The van der Waals surface area contributed by atoms with E-state index in [0.717, 1.165) is 5.69 Å². The number of nitrogens with two attached hydrogens (primary N) is 1. The Morgan fingerprint density at radius 2 is 2.05 bits per heavy atom. The average molecular weight is 309 g/mol. The fraction of sp³-hybridized carbons (Fsp3) is 0.562. The first-order valence-electron chi connectivity index (χ1n) is 7.63. The van der Waals surface area contributed by atoms with Gasteiger partial charge in [-0.25, -0.2) is 4.39 Å². The van der Waals surface area contributed by atoms with Crippen LogP contribution < -0.4 is 15.4 Å². The minimum Gasteiger partial charge on any atom is -0.494 e. The summed E-state index contributed by atoms with van der Waals surface area (Å²) in [5.41, 5.74) is 6.56. The molecule has 0 spiro atoms. The van der Waals surface area contributed by atoms with Gasteiger partial charge in [0.05, 0.1) is 12.8 Å². The van der Waals surface area contributed by atoms with Crippen molar-refractivity contribution in [3.05, 3.63) is 24.0 Å². The number of anilines is 1. The molecule has 122 valence electrons. The van der Waals surface area contributed by atoms with Gasteiger partial charge in [-0.15, -0.1) is 0 Å². The lowest BCUT2D eigenvalue weighted by Crippen LogP contribution is -2.49. The highest BCUT2D eigenvalue weighted by atomic mass is 19.1. The van der Waals surface area contributed by atoms with Gasteiger partial charge in [-0.3, -0.25) is 4.79 Å². The van der Waals surface area contributed by atoms with Crippen LogP contribution >= 0.6 is 0 Å². The van der Waals surface area contributed by atoms with Crippen LogP contribution in [-0.2, 0) is 4.79 Å². The molecule has 6 heteroatoms. The standard InChI is InChI=1S/C16H24FN3O2/c1-12(18)3-6-16(21)20-9-7-19(8-10-20)14-5-4-13(17)11-15(14)22-2/h4-5,11-12H,3,6-10,18H2,1-2H3. The third-order valence-corrected chi connectivity index (χ3v) is 3.93. The maximum absolute atomic E-state index is 13.3. The molecule has 0 bridgehead atoms. The lowest BCUT2D eigenvalue weighted by atomic mass is 10.1. The summed E-state index contributed by atoms with van der Waals surface area (Å²) in [7, 11) is 1.53. The SMILES string of the molecule is COc1cc(F)ccc1N1CCN(C(=O)CCC(C)N)CC1. The molecule has 0 radical (unpaired) electrons. The summed E-state index contributed by atoms with van der Waals surface area (Å²) in [6.07, 6.45) is 1.21. The van der Waals surface area contributed by atoms with Gasteiger partial charge >= 0.3 is 0 Å². The minimum absolute atomic E-state index is 0.0497. The number of piperazine rings is 1. The summed E-state index contributed by atoms with van der Waals surface area (Å²) in [4.78, 5) is 16.1. The van der Waals surface area contributed by atoms with Crippen molar-refractivity contribution in [2.24, 2.45) is 5.73 Å². The van der Waals surface area contributed by atoms with Crippen LogP contribution in [0.2, 0.25) is 0 Å². The molecule has 22 heavy (non-hydrogen) atoms. The van der Waals surface area contributed by atoms with Gasteiger partial charge in [0.25, 0.3) is 0 Å². The van der Waals surface area contributed by atoms with E-state index < -0.39 is 0 Å². The Morgan fingerprint density at radius 3 is 2.64 bits per heavy atom. The number of rotatable bonds is 5. The number of halogens is 1. The van der Waals surface area contributed by atoms with E-state index >= 15 is 0 Å². The largest absolute Gasteiger partial charge is 0.494 e. The van der Waals surface area contributed by atoms with Crippen molar-refractivity contribution in [3.63, 3.8) is 0 Å². The van der Waals surface area contributed by atoms with Crippen LogP contribution in [-0.4, -0.2) is 50.1 Å². The van der Waals surface area contributed by atoms with Gasteiger partial charge in [0.2, 0.25) is 5.91 Å². The quantitative estimate of drug-likeness (QED) is 0.898. The van der Waals surface area contributed by atoms with Crippen LogP contribution in [0.5, 0.6) is 5.75 Å². The third kappa shape index (κ3) is 4.10. The van der Waals surface area contributed by atoms with Crippen molar-refractivity contribution >= 4 is 11.6 Å². The van der Waals surface area contributed by atoms with E-state index in [4.69, 9.17) is 10.5 Å². The van der Waals surface area contributed by atoms with Gasteiger partial charge in [-0.1, -0.05) is 0 Å². The number of ether oxygens (including phenoxy) is 1. The van der Waals surface area contributed by atoms with Crippen molar-refractivity contribution in [2.75, 3.05) is 38.2 Å². The number of methoxy groups -OCH3 is 1. The average Bonchev–Trinajstić information content (AvgIpc) is 2.52. The molecule has 1 aromatic carbocycles. The molecular weight excluding hydrogens is 285 g/mol. The second-order valence-electron chi connectivity index (χ2n) is 5.70. The number of hydrogen-bond donors (Lipinski definition) is 1. The molecule has 0 saturated carbocycles. The number of benzene rings is 1. The zero-order chi connectivity index (χ0) is 16.1. The molecule has 1 unspecified atom stereocenters. The Balaban J connectivity index is 1.93. The van der Waals surface area contributed by atoms with Crippen molar-refractivity contribution in [2.45, 2.75) is 25.8 Å². The maximum atomic E-state index is 13.3. The van der Waals surface area contributed by atoms with Crippen LogP contribution in [0.4, 0.5) is 10.1 Å². The molecule has 2 N–H and O–H groups in total. The fourth-order valence-corrected chi connectivity index (χ4v) is 2.62. The Labute approximate surface area is 130 Å². The van der Waals surface area contributed by atoms with Gasteiger partial charge in [-0.2, -0.15) is 0 Å². The maximum Gasteiger partial charge on any atom is 0.222 e. The summed E-state index contributed by atoms with van der Waals surface area (Å²) in [6, 6.07) is 4.59. The molecule has 0 aliphatic carbocycles. The number of carbonyl (C=O) groups excluding carboxylic acids is 1. The second-order valence-corrected chi connectivity index (χ2v) is 5.70. The molecule has 1 aliphatic rings. The van der Waals surface area contributed by atoms with E-state index in [-0.39, 0.29) is 17.8 Å². The topological polar surface area (TPSA) is 58.8 Å². The normalized spacial score (nSPS) is 16.5. The zero-order valence-electron chi connectivity index (χ0n) is 13.2. The van der Waals surface area contributed by atoms with E-state index in [2.05, 4.69) is 4.90 Å². The Morgan fingerprint density at radius 1 is 1.36 bits per heavy atom. The van der Waals surface area contributed by atoms with Crippen molar-refractivity contribution < 1.29 is 13.9 Å². The molecule has 1 aliphatic heterocycles. The van der Waals surface area contributed by atoms with Gasteiger partial charge < -0.3 is 20.3 Å². The summed E-state index contributed by atoms with van der Waals surface area (Å²) in [5, 5.41) is 0. The Bertz CT molecular complexity index is 514. The van der Waals surface area contributed by atoms with Crippen molar-refractivity contribution in [1.82, 2.24) is 4.90 Å². The van der Waals surface area contributed by atoms with E-state index in [0.29, 0.717) is 44.8 Å². The predicted octanol–water partition coefficient (Wildman–Crippen LogP) is 1.61. The van der Waals surface area contributed by atoms with E-state index in [1.54, 1.807) is 6.07 Å². The number of hydrogen-bond acceptors (Lipinski definition) is 4. The predicted molar refractivity (Wildman–Crippen MR) is 84.6 cm³/mol. The first kappa shape index (κ1) is 16.5. The molecular formula is C16H24FN3O2. The van der Waals surface area contributed by atoms with Crippen LogP contribution in [0.25, 0.3) is 0 Å². The molecule has 1 fully saturated rings. The van der Waals surface area contributed by atoms with Crippen LogP contribution in [0, 0.1) is 5.82 Å². The highest BCUT2D eigenvalue weighted by Gasteiger charge is 2.23. The summed E-state index contributed by atoms with van der Waals surface area (Å²) in [6.45, 7) is 4.67. The fourth-order valence-electron chi connectivity index (χ4n) is 2.62. The van der Waals surface area contributed by atoms with Crippen molar-refractivity contribution in [3.8, 4) is 5.75 Å². The van der Waals surface area contributed by atoms with Gasteiger partial charge in [0.15, 0.2) is 0 Å². The molecule has 1 aromatic rings. The van der Waals surface area contributed by atoms with Crippen LogP contribution in [0.1, 0.15) is 19.8 Å². The summed E-state index contributed by atoms with van der Waals surface area (Å²) < 4.78 is 18.5. The lowest BCUT2D eigenvalue weighted by molar-refractivity contribution is -0.131. The van der Waals surface area contributed by atoms with Crippen molar-refractivity contribution in [1.29, 1.82) is 0 Å². The van der Waals surface area contributed by atoms with Crippen LogP contribution in [0.15, 0.2) is 18.2 Å². The Kier molecular flexibility index (Phi) is 5.60. The van der Waals surface area contributed by atoms with Gasteiger partial charge in [0, 0.05) is 44.7 Å². The van der Waals surface area contributed by atoms with E-state index in [1.165, 1.54) is 19.2 Å². The first-order chi connectivity index (χ1) is 10.5. The molecule has 2 rings (SSSR count). The number of carbonyl (C=O) groups is 1. The first-order valence-corrected chi connectivity index (χ1v) is 7.63. The monoisotopic (exact) mass is 309 g/mol. The number of amides is 1. The van der Waals surface area contributed by atoms with Crippen LogP contribution in [0.3, 0.4) is 0 Å². The summed E-state index contributed by atoms with van der Waals surface area (Å²) >= 11 is 0. The highest BCUT2D eigenvalue weighted by Crippen LogP contribution is 2.29. The molecule has 1 saturated heterocycles. The zero-order valence-corrected chi connectivity index (χ0v) is 13.2. The molecule has 1 heterocycles. The molecule has 1 atom stereocenters. The van der Waals surface area contributed by atoms with E-state index in [1.807, 2.05) is 11.8 Å². The minimum atomic E-state index is -0.315. The molecule has 5 nitrogen and oxygen atoms in total. The molecule has 1 amide bonds. The number of nitrogens with zero attached hydrogens (tertiary/aromatic N) is 2. The second kappa shape index (κ2) is 7.45. The third-order valence-electron chi connectivity index (χ3n) is 3.93.